The molecule has 0 spiro atoms. The molecule has 0 aliphatic rings. The van der Waals surface area contributed by atoms with Crippen LogP contribution in [0.3, 0.4) is 0 Å². The van der Waals surface area contributed by atoms with Crippen LogP contribution in [0.25, 0.3) is 0 Å². The van der Waals surface area contributed by atoms with Gasteiger partial charge in [-0.05, 0) is 36.6 Å². The smallest absolute Gasteiger partial charge is 0.310 e. The van der Waals surface area contributed by atoms with Crippen LogP contribution in [-0.4, -0.2) is 23.4 Å². The maximum atomic E-state index is 11.8. The van der Waals surface area contributed by atoms with Crippen molar-refractivity contribution in [2.24, 2.45) is 0 Å². The van der Waals surface area contributed by atoms with Crippen LogP contribution in [0.2, 0.25) is 0 Å². The summed E-state index contributed by atoms with van der Waals surface area (Å²) in [5.74, 6) is 0.298. The molecule has 7 heteroatoms. The molecule has 1 aromatic carbocycles. The Morgan fingerprint density at radius 2 is 2.11 bits per heavy atom. The summed E-state index contributed by atoms with van der Waals surface area (Å²) in [6.07, 6.45) is 0.773. The highest BCUT2D eigenvalue weighted by Crippen LogP contribution is 2.22. The second kappa shape index (κ2) is 7.41. The highest BCUT2D eigenvalue weighted by molar-refractivity contribution is 14.1. The van der Waals surface area contributed by atoms with E-state index < -0.39 is 10.1 Å². The predicted molar refractivity (Wildman–Crippen MR) is 81.1 cm³/mol. The van der Waals surface area contributed by atoms with Crippen molar-refractivity contribution < 1.29 is 22.7 Å². The molecular weight excluding hydrogens is 383 g/mol. The predicted octanol–water partition coefficient (Wildman–Crippen LogP) is 2.91. The lowest BCUT2D eigenvalue weighted by Gasteiger charge is -2.12. The van der Waals surface area contributed by atoms with Gasteiger partial charge in [-0.15, -0.1) is 0 Å². The lowest BCUT2D eigenvalue weighted by molar-refractivity contribution is -0.253. The van der Waals surface area contributed by atoms with Gasteiger partial charge in [-0.2, -0.15) is 8.42 Å². The van der Waals surface area contributed by atoms with E-state index in [-0.39, 0.29) is 16.3 Å². The molecule has 5 nitrogen and oxygen atoms in total. The van der Waals surface area contributed by atoms with Crippen molar-refractivity contribution in [1.29, 1.82) is 0 Å². The molecule has 0 saturated carbocycles. The Morgan fingerprint density at radius 3 is 2.63 bits per heavy atom. The standard InChI is InChI=1S/C12H17IO5S/c1-3-11(13)8-19(15,16)18-12-5-4-10(7-17-14)6-9(12)2/h4-6,11,14H,3,7-8H2,1-2H3. The zero-order chi connectivity index (χ0) is 14.5. The van der Waals surface area contributed by atoms with Crippen LogP contribution in [0.4, 0.5) is 0 Å². The van der Waals surface area contributed by atoms with Crippen LogP contribution in [0.5, 0.6) is 5.75 Å². The van der Waals surface area contributed by atoms with Gasteiger partial charge in [-0.1, -0.05) is 35.6 Å². The maximum absolute atomic E-state index is 11.8. The molecule has 0 aromatic heterocycles. The lowest BCUT2D eigenvalue weighted by Crippen LogP contribution is -2.20. The first-order chi connectivity index (χ1) is 8.88. The van der Waals surface area contributed by atoms with Gasteiger partial charge < -0.3 is 4.18 Å². The minimum atomic E-state index is -3.58. The first kappa shape index (κ1) is 16.7. The van der Waals surface area contributed by atoms with Gasteiger partial charge in [0.15, 0.2) is 0 Å². The fraction of sp³-hybridized carbons (Fsp3) is 0.500. The van der Waals surface area contributed by atoms with Crippen LogP contribution in [0, 0.1) is 6.92 Å². The summed E-state index contributed by atoms with van der Waals surface area (Å²) in [5.41, 5.74) is 1.42. The molecular formula is C12H17IO5S. The Kier molecular flexibility index (Phi) is 6.51. The van der Waals surface area contributed by atoms with Crippen LogP contribution in [0.15, 0.2) is 18.2 Å². The molecule has 1 N–H and O–H groups in total. The van der Waals surface area contributed by atoms with Crippen LogP contribution in [0.1, 0.15) is 24.5 Å². The molecule has 1 aromatic rings. The monoisotopic (exact) mass is 400 g/mol. The summed E-state index contributed by atoms with van der Waals surface area (Å²) >= 11 is 2.09. The third-order valence-electron chi connectivity index (χ3n) is 2.52. The van der Waals surface area contributed by atoms with Gasteiger partial charge in [0, 0.05) is 3.92 Å². The van der Waals surface area contributed by atoms with E-state index in [0.717, 1.165) is 12.0 Å². The van der Waals surface area contributed by atoms with Gasteiger partial charge in [0.05, 0.1) is 5.75 Å². The van der Waals surface area contributed by atoms with Crippen molar-refractivity contribution in [2.75, 3.05) is 5.75 Å². The Morgan fingerprint density at radius 1 is 1.42 bits per heavy atom. The average Bonchev–Trinajstić information content (AvgIpc) is 2.32. The van der Waals surface area contributed by atoms with E-state index in [0.29, 0.717) is 11.3 Å². The van der Waals surface area contributed by atoms with Gasteiger partial charge in [0.1, 0.15) is 12.4 Å². The van der Waals surface area contributed by atoms with Crippen molar-refractivity contribution in [1.82, 2.24) is 0 Å². The van der Waals surface area contributed by atoms with E-state index in [4.69, 9.17) is 9.44 Å². The summed E-state index contributed by atoms with van der Waals surface area (Å²) in [6, 6.07) is 4.92. The molecule has 0 radical (unpaired) electrons. The summed E-state index contributed by atoms with van der Waals surface area (Å²) in [7, 11) is -3.58. The minimum absolute atomic E-state index is 0.00893. The van der Waals surface area contributed by atoms with Crippen molar-refractivity contribution in [3.8, 4) is 5.75 Å². The first-order valence-corrected chi connectivity index (χ1v) is 8.62. The second-order valence-corrected chi connectivity index (χ2v) is 7.56. The number of rotatable bonds is 7. The summed E-state index contributed by atoms with van der Waals surface area (Å²) in [5, 5.41) is 8.36. The molecule has 1 rings (SSSR count). The Bertz CT molecular complexity index is 515. The largest absolute Gasteiger partial charge is 0.382 e. The highest BCUT2D eigenvalue weighted by atomic mass is 127. The number of hydrogen-bond donors (Lipinski definition) is 1. The molecule has 0 heterocycles. The quantitative estimate of drug-likeness (QED) is 0.251. The normalized spacial score (nSPS) is 13.3. The van der Waals surface area contributed by atoms with Gasteiger partial charge in [0.2, 0.25) is 0 Å². The minimum Gasteiger partial charge on any atom is -0.382 e. The molecule has 0 saturated heterocycles. The Balaban J connectivity index is 2.82. The van der Waals surface area contributed by atoms with E-state index in [1.165, 1.54) is 0 Å². The fourth-order valence-electron chi connectivity index (χ4n) is 1.48. The molecule has 0 amide bonds. The molecule has 19 heavy (non-hydrogen) atoms. The van der Waals surface area contributed by atoms with Crippen molar-refractivity contribution >= 4 is 32.7 Å². The number of aryl methyl sites for hydroxylation is 1. The van der Waals surface area contributed by atoms with E-state index in [9.17, 15) is 8.42 Å². The Hall–Kier alpha value is -0.380. The van der Waals surface area contributed by atoms with Crippen LogP contribution < -0.4 is 4.18 Å². The molecule has 0 fully saturated rings. The van der Waals surface area contributed by atoms with E-state index >= 15 is 0 Å². The number of hydrogen-bond acceptors (Lipinski definition) is 5. The second-order valence-electron chi connectivity index (χ2n) is 4.19. The van der Waals surface area contributed by atoms with Crippen molar-refractivity contribution in [3.05, 3.63) is 29.3 Å². The van der Waals surface area contributed by atoms with E-state index in [1.54, 1.807) is 25.1 Å². The average molecular weight is 400 g/mol. The first-order valence-electron chi connectivity index (χ1n) is 5.80. The van der Waals surface area contributed by atoms with Gasteiger partial charge in [-0.3, -0.25) is 5.26 Å². The molecule has 0 aliphatic carbocycles. The molecule has 1 atom stereocenters. The molecule has 1 unspecified atom stereocenters. The third-order valence-corrected chi connectivity index (χ3v) is 5.68. The zero-order valence-corrected chi connectivity index (χ0v) is 13.8. The van der Waals surface area contributed by atoms with Crippen molar-refractivity contribution in [3.63, 3.8) is 0 Å². The summed E-state index contributed by atoms with van der Waals surface area (Å²) < 4.78 is 28.8. The number of halogens is 1. The molecule has 0 aliphatic heterocycles. The molecule has 0 bridgehead atoms. The maximum Gasteiger partial charge on any atom is 0.310 e. The van der Waals surface area contributed by atoms with E-state index in [2.05, 4.69) is 27.5 Å². The SMILES string of the molecule is CCC(I)CS(=O)(=O)Oc1ccc(COO)cc1C. The van der Waals surface area contributed by atoms with E-state index in [1.807, 2.05) is 6.92 Å². The Labute approximate surface area is 127 Å². The highest BCUT2D eigenvalue weighted by Gasteiger charge is 2.18. The third kappa shape index (κ3) is 5.64. The summed E-state index contributed by atoms with van der Waals surface area (Å²) in [6.45, 7) is 3.73. The van der Waals surface area contributed by atoms with Crippen LogP contribution in [-0.2, 0) is 21.6 Å². The molecule has 108 valence electrons. The topological polar surface area (TPSA) is 72.8 Å². The van der Waals surface area contributed by atoms with Gasteiger partial charge in [0.25, 0.3) is 0 Å². The number of alkyl halides is 1. The lowest BCUT2D eigenvalue weighted by atomic mass is 10.1. The van der Waals surface area contributed by atoms with Crippen LogP contribution >= 0.6 is 22.6 Å². The van der Waals surface area contributed by atoms with Crippen molar-refractivity contribution in [2.45, 2.75) is 30.8 Å². The zero-order valence-electron chi connectivity index (χ0n) is 10.8. The fourth-order valence-corrected chi connectivity index (χ4v) is 4.01. The summed E-state index contributed by atoms with van der Waals surface area (Å²) in [4.78, 5) is 4.03. The van der Waals surface area contributed by atoms with Gasteiger partial charge in [-0.25, -0.2) is 4.89 Å². The van der Waals surface area contributed by atoms with Gasteiger partial charge >= 0.3 is 10.1 Å². The number of benzene rings is 1.